The lowest BCUT2D eigenvalue weighted by atomic mass is 9.94. The summed E-state index contributed by atoms with van der Waals surface area (Å²) in [5.74, 6) is 0.613. The van der Waals surface area contributed by atoms with Crippen molar-refractivity contribution in [2.75, 3.05) is 13.1 Å². The van der Waals surface area contributed by atoms with Crippen LogP contribution in [-0.2, 0) is 7.05 Å². The molecule has 1 aromatic heterocycles. The highest BCUT2D eigenvalue weighted by atomic mass is 15.3. The minimum absolute atomic E-state index is 0.613. The monoisotopic (exact) mass is 269 g/mol. The molecule has 0 aliphatic carbocycles. The number of hydrogen-bond acceptors (Lipinski definition) is 2. The van der Waals surface area contributed by atoms with Crippen molar-refractivity contribution in [3.8, 4) is 11.3 Å². The SMILES string of the molecule is Cc1ccc(-c2cc(C3CCNCC3)nn2C)c(C)c1. The fourth-order valence-corrected chi connectivity index (χ4v) is 3.16. The van der Waals surface area contributed by atoms with E-state index >= 15 is 0 Å². The van der Waals surface area contributed by atoms with Gasteiger partial charge in [0.2, 0.25) is 0 Å². The fourth-order valence-electron chi connectivity index (χ4n) is 3.16. The molecule has 0 amide bonds. The van der Waals surface area contributed by atoms with E-state index in [2.05, 4.69) is 50.5 Å². The van der Waals surface area contributed by atoms with Crippen molar-refractivity contribution in [3.63, 3.8) is 0 Å². The second-order valence-electron chi connectivity index (χ2n) is 5.92. The lowest BCUT2D eigenvalue weighted by molar-refractivity contribution is 0.450. The molecule has 1 aliphatic heterocycles. The van der Waals surface area contributed by atoms with Crippen LogP contribution in [0, 0.1) is 13.8 Å². The van der Waals surface area contributed by atoms with Gasteiger partial charge >= 0.3 is 0 Å². The highest BCUT2D eigenvalue weighted by Crippen LogP contribution is 2.30. The lowest BCUT2D eigenvalue weighted by Gasteiger charge is -2.20. The summed E-state index contributed by atoms with van der Waals surface area (Å²) >= 11 is 0. The van der Waals surface area contributed by atoms with Crippen LogP contribution in [0.15, 0.2) is 24.3 Å². The van der Waals surface area contributed by atoms with Crippen LogP contribution in [0.2, 0.25) is 0 Å². The zero-order chi connectivity index (χ0) is 14.1. The number of benzene rings is 1. The van der Waals surface area contributed by atoms with Gasteiger partial charge in [-0.05, 0) is 51.4 Å². The predicted octanol–water partition coefficient (Wildman–Crippen LogP) is 3.17. The number of nitrogens with one attached hydrogen (secondary N) is 1. The largest absolute Gasteiger partial charge is 0.317 e. The highest BCUT2D eigenvalue weighted by Gasteiger charge is 2.19. The van der Waals surface area contributed by atoms with Gasteiger partial charge in [-0.1, -0.05) is 23.8 Å². The third kappa shape index (κ3) is 2.50. The molecular weight excluding hydrogens is 246 g/mol. The van der Waals surface area contributed by atoms with Gasteiger partial charge in [0.15, 0.2) is 0 Å². The van der Waals surface area contributed by atoms with E-state index in [0.29, 0.717) is 5.92 Å². The molecule has 3 nitrogen and oxygen atoms in total. The predicted molar refractivity (Wildman–Crippen MR) is 83.0 cm³/mol. The second kappa shape index (κ2) is 5.41. The van der Waals surface area contributed by atoms with Crippen molar-refractivity contribution in [2.24, 2.45) is 7.05 Å². The van der Waals surface area contributed by atoms with E-state index in [1.165, 1.54) is 40.9 Å². The van der Waals surface area contributed by atoms with Crippen LogP contribution in [0.25, 0.3) is 11.3 Å². The van der Waals surface area contributed by atoms with Crippen molar-refractivity contribution in [1.82, 2.24) is 15.1 Å². The van der Waals surface area contributed by atoms with Gasteiger partial charge in [-0.15, -0.1) is 0 Å². The first kappa shape index (κ1) is 13.4. The smallest absolute Gasteiger partial charge is 0.0684 e. The van der Waals surface area contributed by atoms with Gasteiger partial charge in [0, 0.05) is 18.5 Å². The molecule has 2 heterocycles. The number of aryl methyl sites for hydroxylation is 3. The Bertz CT molecular complexity index is 607. The molecule has 0 unspecified atom stereocenters. The molecule has 0 bridgehead atoms. The first-order valence-electron chi connectivity index (χ1n) is 7.47. The van der Waals surface area contributed by atoms with Crippen molar-refractivity contribution in [1.29, 1.82) is 0 Å². The van der Waals surface area contributed by atoms with Crippen LogP contribution >= 0.6 is 0 Å². The summed E-state index contributed by atoms with van der Waals surface area (Å²) in [6.45, 7) is 6.54. The van der Waals surface area contributed by atoms with Gasteiger partial charge < -0.3 is 5.32 Å². The summed E-state index contributed by atoms with van der Waals surface area (Å²) in [7, 11) is 2.05. The van der Waals surface area contributed by atoms with E-state index in [0.717, 1.165) is 13.1 Å². The Kier molecular flexibility index (Phi) is 3.62. The number of piperidine rings is 1. The van der Waals surface area contributed by atoms with Crippen LogP contribution in [0.5, 0.6) is 0 Å². The Morgan fingerprint density at radius 1 is 1.15 bits per heavy atom. The summed E-state index contributed by atoms with van der Waals surface area (Å²) in [6, 6.07) is 8.92. The molecule has 106 valence electrons. The zero-order valence-electron chi connectivity index (χ0n) is 12.6. The summed E-state index contributed by atoms with van der Waals surface area (Å²) in [4.78, 5) is 0. The van der Waals surface area contributed by atoms with Crippen LogP contribution in [0.4, 0.5) is 0 Å². The minimum atomic E-state index is 0.613. The molecular formula is C17H23N3. The van der Waals surface area contributed by atoms with Crippen LogP contribution in [-0.4, -0.2) is 22.9 Å². The third-order valence-electron chi connectivity index (χ3n) is 4.31. The molecule has 1 aliphatic rings. The average molecular weight is 269 g/mol. The van der Waals surface area contributed by atoms with Crippen molar-refractivity contribution < 1.29 is 0 Å². The van der Waals surface area contributed by atoms with Gasteiger partial charge in [0.25, 0.3) is 0 Å². The maximum absolute atomic E-state index is 4.76. The minimum Gasteiger partial charge on any atom is -0.317 e. The van der Waals surface area contributed by atoms with Gasteiger partial charge in [-0.25, -0.2) is 0 Å². The third-order valence-corrected chi connectivity index (χ3v) is 4.31. The number of hydrogen-bond donors (Lipinski definition) is 1. The van der Waals surface area contributed by atoms with E-state index < -0.39 is 0 Å². The van der Waals surface area contributed by atoms with Gasteiger partial charge in [-0.2, -0.15) is 5.10 Å². The van der Waals surface area contributed by atoms with Gasteiger partial charge in [0.1, 0.15) is 0 Å². The molecule has 1 aromatic carbocycles. The molecule has 20 heavy (non-hydrogen) atoms. The topological polar surface area (TPSA) is 29.9 Å². The second-order valence-corrected chi connectivity index (χ2v) is 5.92. The van der Waals surface area contributed by atoms with E-state index in [1.54, 1.807) is 0 Å². The molecule has 1 fully saturated rings. The van der Waals surface area contributed by atoms with Crippen LogP contribution < -0.4 is 5.32 Å². The lowest BCUT2D eigenvalue weighted by Crippen LogP contribution is -2.26. The number of aromatic nitrogens is 2. The summed E-state index contributed by atoms with van der Waals surface area (Å²) in [6.07, 6.45) is 2.40. The van der Waals surface area contributed by atoms with E-state index in [-0.39, 0.29) is 0 Å². The van der Waals surface area contributed by atoms with Crippen LogP contribution in [0.1, 0.15) is 35.6 Å². The Labute approximate surface area is 121 Å². The first-order chi connectivity index (χ1) is 9.65. The number of nitrogens with zero attached hydrogens (tertiary/aromatic N) is 2. The summed E-state index contributed by atoms with van der Waals surface area (Å²) < 4.78 is 2.04. The maximum atomic E-state index is 4.76. The van der Waals surface area contributed by atoms with Crippen molar-refractivity contribution in [2.45, 2.75) is 32.6 Å². The number of rotatable bonds is 2. The summed E-state index contributed by atoms with van der Waals surface area (Å²) in [5, 5.41) is 8.18. The Morgan fingerprint density at radius 3 is 2.60 bits per heavy atom. The normalized spacial score (nSPS) is 16.6. The molecule has 0 spiro atoms. The van der Waals surface area contributed by atoms with E-state index in [9.17, 15) is 0 Å². The molecule has 3 heteroatoms. The fraction of sp³-hybridized carbons (Fsp3) is 0.471. The first-order valence-corrected chi connectivity index (χ1v) is 7.47. The van der Waals surface area contributed by atoms with Crippen molar-refractivity contribution >= 4 is 0 Å². The molecule has 3 rings (SSSR count). The van der Waals surface area contributed by atoms with Crippen molar-refractivity contribution in [3.05, 3.63) is 41.1 Å². The molecule has 2 aromatic rings. The van der Waals surface area contributed by atoms with E-state index in [4.69, 9.17) is 5.10 Å². The maximum Gasteiger partial charge on any atom is 0.0684 e. The van der Waals surface area contributed by atoms with Gasteiger partial charge in [0.05, 0.1) is 11.4 Å². The molecule has 1 saturated heterocycles. The van der Waals surface area contributed by atoms with Gasteiger partial charge in [-0.3, -0.25) is 4.68 Å². The van der Waals surface area contributed by atoms with E-state index in [1.807, 2.05) is 4.68 Å². The molecule has 1 N–H and O–H groups in total. The molecule has 0 radical (unpaired) electrons. The molecule has 0 saturated carbocycles. The quantitative estimate of drug-likeness (QED) is 0.907. The van der Waals surface area contributed by atoms with Crippen LogP contribution in [0.3, 0.4) is 0 Å². The summed E-state index contributed by atoms with van der Waals surface area (Å²) in [5.41, 5.74) is 6.42. The average Bonchev–Trinajstić information content (AvgIpc) is 2.82. The Hall–Kier alpha value is -1.61. The molecule has 0 atom stereocenters. The Balaban J connectivity index is 1.95. The Morgan fingerprint density at radius 2 is 1.90 bits per heavy atom. The highest BCUT2D eigenvalue weighted by molar-refractivity contribution is 5.64. The standard InChI is InChI=1S/C17H23N3/c1-12-4-5-15(13(2)10-12)17-11-16(19-20(17)3)14-6-8-18-9-7-14/h4-5,10-11,14,18H,6-9H2,1-3H3. The zero-order valence-corrected chi connectivity index (χ0v) is 12.6.